The predicted octanol–water partition coefficient (Wildman–Crippen LogP) is 3.72. The van der Waals surface area contributed by atoms with Gasteiger partial charge in [0, 0.05) is 26.2 Å². The van der Waals surface area contributed by atoms with Crippen LogP contribution in [0.2, 0.25) is 0 Å². The second kappa shape index (κ2) is 9.62. The summed E-state index contributed by atoms with van der Waals surface area (Å²) in [7, 11) is 0. The Labute approximate surface area is 195 Å². The van der Waals surface area contributed by atoms with E-state index < -0.39 is 18.0 Å². The van der Waals surface area contributed by atoms with E-state index in [2.05, 4.69) is 9.88 Å². The van der Waals surface area contributed by atoms with E-state index in [4.69, 9.17) is 14.2 Å². The molecule has 2 unspecified atom stereocenters. The van der Waals surface area contributed by atoms with Crippen molar-refractivity contribution in [2.24, 2.45) is 0 Å². The fourth-order valence-electron chi connectivity index (χ4n) is 4.14. The molecule has 3 aromatic rings. The van der Waals surface area contributed by atoms with Gasteiger partial charge in [0.2, 0.25) is 6.10 Å². The Morgan fingerprint density at radius 1 is 1.15 bits per heavy atom. The van der Waals surface area contributed by atoms with Gasteiger partial charge >= 0.3 is 0 Å². The molecular weight excluding hydrogens is 445 g/mol. The maximum atomic E-state index is 14.3. The zero-order chi connectivity index (χ0) is 22.8. The van der Waals surface area contributed by atoms with Crippen LogP contribution in [0.25, 0.3) is 10.2 Å². The van der Waals surface area contributed by atoms with E-state index in [1.807, 2.05) is 31.2 Å². The molecule has 9 heteroatoms. The molecule has 2 aliphatic heterocycles. The molecule has 5 rings (SSSR count). The van der Waals surface area contributed by atoms with Gasteiger partial charge in [-0.15, -0.1) is 0 Å². The Kier molecular flexibility index (Phi) is 6.43. The van der Waals surface area contributed by atoms with Crippen LogP contribution in [0.3, 0.4) is 0 Å². The molecule has 0 saturated carbocycles. The number of amides is 1. The van der Waals surface area contributed by atoms with Gasteiger partial charge in [-0.3, -0.25) is 14.6 Å². The summed E-state index contributed by atoms with van der Waals surface area (Å²) in [5.74, 6) is 0.529. The summed E-state index contributed by atoms with van der Waals surface area (Å²) in [4.78, 5) is 22.2. The number of hydrogen-bond donors (Lipinski definition) is 0. The monoisotopic (exact) mass is 471 g/mol. The number of benzene rings is 2. The Balaban J connectivity index is 1.39. The smallest absolute Gasteiger partial charge is 0.273 e. The summed E-state index contributed by atoms with van der Waals surface area (Å²) in [6, 6.07) is 12.2. The van der Waals surface area contributed by atoms with Crippen LogP contribution in [0, 0.1) is 5.82 Å². The molecule has 1 amide bonds. The number of halogens is 1. The van der Waals surface area contributed by atoms with Crippen molar-refractivity contribution >= 4 is 32.6 Å². The molecule has 0 N–H and O–H groups in total. The molecule has 0 aliphatic carbocycles. The topological polar surface area (TPSA) is 64.1 Å². The number of anilines is 1. The molecule has 3 heterocycles. The van der Waals surface area contributed by atoms with Gasteiger partial charge in [0.15, 0.2) is 16.6 Å². The van der Waals surface area contributed by atoms with Crippen LogP contribution >= 0.6 is 11.3 Å². The molecule has 0 radical (unpaired) electrons. The van der Waals surface area contributed by atoms with Gasteiger partial charge in [0.1, 0.15) is 17.4 Å². The number of fused-ring (bicyclic) bond motifs is 2. The van der Waals surface area contributed by atoms with Crippen molar-refractivity contribution in [1.82, 2.24) is 9.88 Å². The molecular formula is C24H26FN3O4S. The average Bonchev–Trinajstić information content (AvgIpc) is 3.27. The minimum absolute atomic E-state index is 0.238. The molecule has 0 bridgehead atoms. The molecule has 1 saturated heterocycles. The van der Waals surface area contributed by atoms with E-state index in [0.717, 1.165) is 39.3 Å². The lowest BCUT2D eigenvalue weighted by Gasteiger charge is -2.34. The van der Waals surface area contributed by atoms with Crippen molar-refractivity contribution in [3.05, 3.63) is 48.3 Å². The molecule has 2 aromatic carbocycles. The SMILES string of the molecule is CC1Oc2ccccc2OC1C(=O)N(CCCN1CCOCC1)c1nc2c(F)cccc2s1. The highest BCUT2D eigenvalue weighted by Crippen LogP contribution is 2.36. The molecule has 1 fully saturated rings. The third-order valence-electron chi connectivity index (χ3n) is 5.90. The number of aromatic nitrogens is 1. The first-order chi connectivity index (χ1) is 16.1. The Morgan fingerprint density at radius 2 is 1.91 bits per heavy atom. The van der Waals surface area contributed by atoms with Crippen LogP contribution < -0.4 is 14.4 Å². The number of nitrogens with zero attached hydrogens (tertiary/aromatic N) is 3. The molecule has 33 heavy (non-hydrogen) atoms. The van der Waals surface area contributed by atoms with Crippen molar-refractivity contribution in [2.45, 2.75) is 25.6 Å². The summed E-state index contributed by atoms with van der Waals surface area (Å²) < 4.78 is 32.5. The van der Waals surface area contributed by atoms with Crippen LogP contribution in [0.5, 0.6) is 11.5 Å². The zero-order valence-electron chi connectivity index (χ0n) is 18.4. The normalized spacial score (nSPS) is 20.7. The van der Waals surface area contributed by atoms with Crippen molar-refractivity contribution in [2.75, 3.05) is 44.3 Å². The quantitative estimate of drug-likeness (QED) is 0.546. The molecule has 1 aromatic heterocycles. The summed E-state index contributed by atoms with van der Waals surface area (Å²) in [6.07, 6.45) is -0.539. The summed E-state index contributed by atoms with van der Waals surface area (Å²) in [5, 5.41) is 0.469. The first kappa shape index (κ1) is 22.1. The minimum atomic E-state index is -0.819. The van der Waals surface area contributed by atoms with Gasteiger partial charge in [-0.25, -0.2) is 9.37 Å². The van der Waals surface area contributed by atoms with E-state index in [1.165, 1.54) is 17.4 Å². The van der Waals surface area contributed by atoms with Gasteiger partial charge in [-0.2, -0.15) is 0 Å². The molecule has 174 valence electrons. The number of para-hydroxylation sites is 3. The number of carbonyl (C=O) groups excluding carboxylic acids is 1. The maximum Gasteiger partial charge on any atom is 0.273 e. The largest absolute Gasteiger partial charge is 0.482 e. The fourth-order valence-corrected chi connectivity index (χ4v) is 5.15. The predicted molar refractivity (Wildman–Crippen MR) is 125 cm³/mol. The summed E-state index contributed by atoms with van der Waals surface area (Å²) >= 11 is 1.31. The number of ether oxygens (including phenoxy) is 3. The van der Waals surface area contributed by atoms with Gasteiger partial charge < -0.3 is 14.2 Å². The van der Waals surface area contributed by atoms with Gasteiger partial charge in [-0.1, -0.05) is 29.5 Å². The average molecular weight is 472 g/mol. The lowest BCUT2D eigenvalue weighted by molar-refractivity contribution is -0.130. The minimum Gasteiger partial charge on any atom is -0.482 e. The van der Waals surface area contributed by atoms with E-state index in [9.17, 15) is 9.18 Å². The summed E-state index contributed by atoms with van der Waals surface area (Å²) in [6.45, 7) is 6.33. The number of morpholine rings is 1. The van der Waals surface area contributed by atoms with Crippen molar-refractivity contribution in [3.63, 3.8) is 0 Å². The lowest BCUT2D eigenvalue weighted by Crippen LogP contribution is -2.51. The first-order valence-corrected chi connectivity index (χ1v) is 12.0. The third kappa shape index (κ3) is 4.66. The lowest BCUT2D eigenvalue weighted by atomic mass is 10.1. The van der Waals surface area contributed by atoms with Crippen LogP contribution in [0.15, 0.2) is 42.5 Å². The standard InChI is InChI=1S/C24H26FN3O4S/c1-16-22(32-19-8-3-2-7-18(19)31-16)23(29)28(11-5-10-27-12-14-30-15-13-27)24-26-21-17(25)6-4-9-20(21)33-24/h2-4,6-9,16,22H,5,10-15H2,1H3. The Bertz CT molecular complexity index is 1130. The number of thiazole rings is 1. The molecule has 0 spiro atoms. The van der Waals surface area contributed by atoms with Crippen LogP contribution in [-0.4, -0.2) is 67.4 Å². The van der Waals surface area contributed by atoms with E-state index >= 15 is 0 Å². The Hall–Kier alpha value is -2.75. The van der Waals surface area contributed by atoms with Crippen LogP contribution in [0.4, 0.5) is 9.52 Å². The van der Waals surface area contributed by atoms with E-state index in [-0.39, 0.29) is 11.4 Å². The second-order valence-corrected chi connectivity index (χ2v) is 9.20. The molecule has 2 atom stereocenters. The second-order valence-electron chi connectivity index (χ2n) is 8.19. The number of hydrogen-bond acceptors (Lipinski definition) is 7. The van der Waals surface area contributed by atoms with Crippen LogP contribution in [-0.2, 0) is 9.53 Å². The number of rotatable bonds is 6. The third-order valence-corrected chi connectivity index (χ3v) is 6.94. The molecule has 7 nitrogen and oxygen atoms in total. The van der Waals surface area contributed by atoms with Gasteiger partial charge in [0.25, 0.3) is 5.91 Å². The fraction of sp³-hybridized carbons (Fsp3) is 0.417. The highest BCUT2D eigenvalue weighted by molar-refractivity contribution is 7.22. The zero-order valence-corrected chi connectivity index (χ0v) is 19.2. The molecule has 2 aliphatic rings. The first-order valence-electron chi connectivity index (χ1n) is 11.2. The van der Waals surface area contributed by atoms with Crippen LogP contribution in [0.1, 0.15) is 13.3 Å². The Morgan fingerprint density at radius 3 is 2.67 bits per heavy atom. The van der Waals surface area contributed by atoms with E-state index in [1.54, 1.807) is 17.0 Å². The van der Waals surface area contributed by atoms with Gasteiger partial charge in [-0.05, 0) is 37.6 Å². The van der Waals surface area contributed by atoms with Crippen molar-refractivity contribution in [3.8, 4) is 11.5 Å². The van der Waals surface area contributed by atoms with E-state index in [0.29, 0.717) is 27.9 Å². The van der Waals surface area contributed by atoms with Crippen molar-refractivity contribution in [1.29, 1.82) is 0 Å². The highest BCUT2D eigenvalue weighted by atomic mass is 32.1. The van der Waals surface area contributed by atoms with Crippen molar-refractivity contribution < 1.29 is 23.4 Å². The maximum absolute atomic E-state index is 14.3. The number of carbonyl (C=O) groups is 1. The summed E-state index contributed by atoms with van der Waals surface area (Å²) in [5.41, 5.74) is 0.280. The van der Waals surface area contributed by atoms with Gasteiger partial charge in [0.05, 0.1) is 17.9 Å². The highest BCUT2D eigenvalue weighted by Gasteiger charge is 2.38.